The van der Waals surface area contributed by atoms with Gasteiger partial charge in [0, 0.05) is 11.3 Å². The van der Waals surface area contributed by atoms with Gasteiger partial charge in [-0.1, -0.05) is 24.3 Å². The van der Waals surface area contributed by atoms with Crippen LogP contribution >= 0.6 is 0 Å². The van der Waals surface area contributed by atoms with Gasteiger partial charge in [-0.15, -0.1) is 0 Å². The van der Waals surface area contributed by atoms with Gasteiger partial charge in [-0.3, -0.25) is 9.59 Å². The van der Waals surface area contributed by atoms with E-state index in [0.717, 1.165) is 11.1 Å². The maximum Gasteiger partial charge on any atom is 0.291 e. The van der Waals surface area contributed by atoms with Gasteiger partial charge in [-0.25, -0.2) is 4.39 Å². The lowest BCUT2D eigenvalue weighted by atomic mass is 9.98. The number of benzene rings is 3. The molecule has 3 aromatic carbocycles. The van der Waals surface area contributed by atoms with Gasteiger partial charge < -0.3 is 19.8 Å². The Labute approximate surface area is 196 Å². The smallest absolute Gasteiger partial charge is 0.291 e. The summed E-state index contributed by atoms with van der Waals surface area (Å²) < 4.78 is 23.6. The summed E-state index contributed by atoms with van der Waals surface area (Å²) in [5.74, 6) is -0.0475. The van der Waals surface area contributed by atoms with Crippen LogP contribution in [0.2, 0.25) is 0 Å². The first-order chi connectivity index (χ1) is 16.5. The Balaban J connectivity index is 1.48. The SMILES string of the molecule is COc1ccc(C(Cc2ccc(F)cc2)NC(=O)c2ccc(NC(=O)c3ccco3)cc2)cc1. The number of hydrogen-bond acceptors (Lipinski definition) is 4. The molecule has 0 saturated heterocycles. The molecule has 0 aliphatic heterocycles. The Hall–Kier alpha value is -4.39. The summed E-state index contributed by atoms with van der Waals surface area (Å²) in [5.41, 5.74) is 2.75. The Morgan fingerprint density at radius 3 is 2.24 bits per heavy atom. The molecule has 34 heavy (non-hydrogen) atoms. The number of halogens is 1. The quantitative estimate of drug-likeness (QED) is 0.371. The number of rotatable bonds is 8. The van der Waals surface area contributed by atoms with Gasteiger partial charge in [0.15, 0.2) is 5.76 Å². The van der Waals surface area contributed by atoms with Crippen LogP contribution in [-0.4, -0.2) is 18.9 Å². The molecule has 0 saturated carbocycles. The van der Waals surface area contributed by atoms with Crippen molar-refractivity contribution in [3.05, 3.63) is 119 Å². The van der Waals surface area contributed by atoms with Crippen LogP contribution in [0.3, 0.4) is 0 Å². The molecule has 1 heterocycles. The molecule has 0 radical (unpaired) electrons. The van der Waals surface area contributed by atoms with Crippen LogP contribution in [-0.2, 0) is 6.42 Å². The van der Waals surface area contributed by atoms with Crippen LogP contribution in [0.1, 0.15) is 38.1 Å². The zero-order chi connectivity index (χ0) is 23.9. The van der Waals surface area contributed by atoms with E-state index in [9.17, 15) is 14.0 Å². The predicted molar refractivity (Wildman–Crippen MR) is 126 cm³/mol. The molecule has 4 aromatic rings. The molecule has 1 atom stereocenters. The zero-order valence-corrected chi connectivity index (χ0v) is 18.5. The number of ether oxygens (including phenoxy) is 1. The highest BCUT2D eigenvalue weighted by Gasteiger charge is 2.17. The molecule has 0 aliphatic rings. The number of anilines is 1. The number of carbonyl (C=O) groups excluding carboxylic acids is 2. The molecular weight excluding hydrogens is 435 g/mol. The second-order valence-corrected chi connectivity index (χ2v) is 7.64. The predicted octanol–water partition coefficient (Wildman–Crippen LogP) is 5.39. The van der Waals surface area contributed by atoms with Crippen molar-refractivity contribution in [3.63, 3.8) is 0 Å². The molecular formula is C27H23FN2O4. The van der Waals surface area contributed by atoms with Gasteiger partial charge in [0.25, 0.3) is 11.8 Å². The second-order valence-electron chi connectivity index (χ2n) is 7.64. The minimum Gasteiger partial charge on any atom is -0.497 e. The Morgan fingerprint density at radius 1 is 0.912 bits per heavy atom. The van der Waals surface area contributed by atoms with E-state index in [1.807, 2.05) is 24.3 Å². The number of furan rings is 1. The van der Waals surface area contributed by atoms with E-state index < -0.39 is 0 Å². The molecule has 0 spiro atoms. The molecule has 6 nitrogen and oxygen atoms in total. The summed E-state index contributed by atoms with van der Waals surface area (Å²) in [6.07, 6.45) is 1.91. The molecule has 4 rings (SSSR count). The Morgan fingerprint density at radius 2 is 1.62 bits per heavy atom. The number of amides is 2. The maximum atomic E-state index is 13.3. The molecule has 1 aromatic heterocycles. The Kier molecular flexibility index (Phi) is 7.03. The van der Waals surface area contributed by atoms with Crippen molar-refractivity contribution in [2.45, 2.75) is 12.5 Å². The van der Waals surface area contributed by atoms with Gasteiger partial charge in [0.1, 0.15) is 11.6 Å². The maximum absolute atomic E-state index is 13.3. The average molecular weight is 458 g/mol. The molecule has 172 valence electrons. The lowest BCUT2D eigenvalue weighted by Crippen LogP contribution is -2.30. The van der Waals surface area contributed by atoms with E-state index in [1.54, 1.807) is 55.6 Å². The van der Waals surface area contributed by atoms with Crippen LogP contribution in [0.15, 0.2) is 95.6 Å². The second kappa shape index (κ2) is 10.5. The monoisotopic (exact) mass is 458 g/mol. The van der Waals surface area contributed by atoms with Crippen molar-refractivity contribution in [2.75, 3.05) is 12.4 Å². The van der Waals surface area contributed by atoms with Crippen molar-refractivity contribution in [3.8, 4) is 5.75 Å². The van der Waals surface area contributed by atoms with Crippen LogP contribution in [0.25, 0.3) is 0 Å². The van der Waals surface area contributed by atoms with E-state index in [0.29, 0.717) is 23.4 Å². The fourth-order valence-corrected chi connectivity index (χ4v) is 3.49. The largest absolute Gasteiger partial charge is 0.497 e. The Bertz CT molecular complexity index is 1240. The third kappa shape index (κ3) is 5.69. The van der Waals surface area contributed by atoms with Crippen LogP contribution in [0.5, 0.6) is 5.75 Å². The van der Waals surface area contributed by atoms with Gasteiger partial charge in [-0.05, 0) is 78.2 Å². The number of nitrogens with one attached hydrogen (secondary N) is 2. The van der Waals surface area contributed by atoms with Crippen molar-refractivity contribution < 1.29 is 23.1 Å². The highest BCUT2D eigenvalue weighted by Crippen LogP contribution is 2.23. The summed E-state index contributed by atoms with van der Waals surface area (Å²) in [6, 6.07) is 23.1. The van der Waals surface area contributed by atoms with E-state index in [4.69, 9.17) is 9.15 Å². The van der Waals surface area contributed by atoms with Gasteiger partial charge in [-0.2, -0.15) is 0 Å². The van der Waals surface area contributed by atoms with Gasteiger partial charge in [0.2, 0.25) is 0 Å². The summed E-state index contributed by atoms with van der Waals surface area (Å²) in [7, 11) is 1.59. The molecule has 2 amide bonds. The number of methoxy groups -OCH3 is 1. The summed E-state index contributed by atoms with van der Waals surface area (Å²) in [6.45, 7) is 0. The topological polar surface area (TPSA) is 80.6 Å². The minimum atomic E-state index is -0.374. The molecule has 0 fully saturated rings. The lowest BCUT2D eigenvalue weighted by Gasteiger charge is -2.20. The molecule has 1 unspecified atom stereocenters. The lowest BCUT2D eigenvalue weighted by molar-refractivity contribution is 0.0936. The van der Waals surface area contributed by atoms with E-state index in [2.05, 4.69) is 10.6 Å². The van der Waals surface area contributed by atoms with Crippen LogP contribution < -0.4 is 15.4 Å². The number of hydrogen-bond donors (Lipinski definition) is 2. The van der Waals surface area contributed by atoms with Crippen molar-refractivity contribution >= 4 is 17.5 Å². The first kappa shape index (κ1) is 22.8. The summed E-state index contributed by atoms with van der Waals surface area (Å²) in [4.78, 5) is 25.1. The van der Waals surface area contributed by atoms with Crippen LogP contribution in [0.4, 0.5) is 10.1 Å². The van der Waals surface area contributed by atoms with Crippen molar-refractivity contribution in [2.24, 2.45) is 0 Å². The summed E-state index contributed by atoms with van der Waals surface area (Å²) >= 11 is 0. The summed E-state index contributed by atoms with van der Waals surface area (Å²) in [5, 5.41) is 5.78. The van der Waals surface area contributed by atoms with Gasteiger partial charge >= 0.3 is 0 Å². The third-order valence-corrected chi connectivity index (χ3v) is 5.33. The van der Waals surface area contributed by atoms with Crippen molar-refractivity contribution in [1.82, 2.24) is 5.32 Å². The zero-order valence-electron chi connectivity index (χ0n) is 18.5. The highest BCUT2D eigenvalue weighted by atomic mass is 19.1. The normalized spacial score (nSPS) is 11.5. The first-order valence-electron chi connectivity index (χ1n) is 10.7. The number of carbonyl (C=O) groups is 2. The van der Waals surface area contributed by atoms with Crippen molar-refractivity contribution in [1.29, 1.82) is 0 Å². The van der Waals surface area contributed by atoms with Crippen LogP contribution in [0, 0.1) is 5.82 Å². The fourth-order valence-electron chi connectivity index (χ4n) is 3.49. The molecule has 2 N–H and O–H groups in total. The van der Waals surface area contributed by atoms with Gasteiger partial charge in [0.05, 0.1) is 19.4 Å². The van der Waals surface area contributed by atoms with E-state index in [-0.39, 0.29) is 29.4 Å². The van der Waals surface area contributed by atoms with E-state index in [1.165, 1.54) is 18.4 Å². The standard InChI is InChI=1S/C27H23FN2O4/c1-33-23-14-8-19(9-15-23)24(17-18-4-10-21(28)11-5-18)30-26(31)20-6-12-22(13-7-20)29-27(32)25-3-2-16-34-25/h2-16,24H,17H2,1H3,(H,29,32)(H,30,31). The molecule has 7 heteroatoms. The molecule has 0 aliphatic carbocycles. The first-order valence-corrected chi connectivity index (χ1v) is 10.7. The fraction of sp³-hybridized carbons (Fsp3) is 0.111. The average Bonchev–Trinajstić information content (AvgIpc) is 3.41. The van der Waals surface area contributed by atoms with E-state index >= 15 is 0 Å². The highest BCUT2D eigenvalue weighted by molar-refractivity contribution is 6.02. The third-order valence-electron chi connectivity index (χ3n) is 5.33. The molecule has 0 bridgehead atoms. The minimum absolute atomic E-state index is 0.199.